The van der Waals surface area contributed by atoms with Gasteiger partial charge in [-0.2, -0.15) is 0 Å². The summed E-state index contributed by atoms with van der Waals surface area (Å²) in [5, 5.41) is 0. The lowest BCUT2D eigenvalue weighted by atomic mass is 9.86. The van der Waals surface area contributed by atoms with E-state index in [1.807, 2.05) is 54.6 Å². The summed E-state index contributed by atoms with van der Waals surface area (Å²) < 4.78 is 0.959. The van der Waals surface area contributed by atoms with E-state index in [0.29, 0.717) is 0 Å². The van der Waals surface area contributed by atoms with E-state index in [1.165, 1.54) is 0 Å². The monoisotopic (exact) mass is 312 g/mol. The quantitative estimate of drug-likeness (QED) is 0.700. The van der Waals surface area contributed by atoms with Gasteiger partial charge in [-0.3, -0.25) is 4.79 Å². The summed E-state index contributed by atoms with van der Waals surface area (Å²) in [4.78, 5) is 12.5. The number of halogens is 1. The highest BCUT2D eigenvalue weighted by Gasteiger charge is 2.21. The first-order valence-electron chi connectivity index (χ1n) is 6.33. The molecule has 1 nitrogen and oxygen atoms in total. The molecular weight excluding hydrogens is 300 g/mol. The maximum Gasteiger partial charge on any atom is 0.189 e. The van der Waals surface area contributed by atoms with Crippen LogP contribution < -0.4 is 0 Å². The van der Waals surface area contributed by atoms with Gasteiger partial charge in [0.15, 0.2) is 5.78 Å². The second kappa shape index (κ2) is 5.14. The van der Waals surface area contributed by atoms with Crippen LogP contribution in [0.2, 0.25) is 0 Å². The molecule has 0 N–H and O–H groups in total. The minimum absolute atomic E-state index is 0.159. The maximum atomic E-state index is 12.5. The van der Waals surface area contributed by atoms with Gasteiger partial charge in [0, 0.05) is 15.6 Å². The van der Waals surface area contributed by atoms with Crippen LogP contribution in [0.5, 0.6) is 0 Å². The number of Topliss-reactive ketones (excluding diaryl/α,β-unsaturated/α-hetero) is 1. The van der Waals surface area contributed by atoms with E-state index in [0.717, 1.165) is 39.6 Å². The van der Waals surface area contributed by atoms with Crippen LogP contribution in [0.25, 0.3) is 6.08 Å². The second-order valence-electron chi connectivity index (χ2n) is 4.71. The molecular formula is C17H13BrO. The number of aryl methyl sites for hydroxylation is 1. The number of carbonyl (C=O) groups is 1. The van der Waals surface area contributed by atoms with Gasteiger partial charge >= 0.3 is 0 Å². The van der Waals surface area contributed by atoms with Gasteiger partial charge in [-0.15, -0.1) is 0 Å². The fourth-order valence-corrected chi connectivity index (χ4v) is 2.78. The van der Waals surface area contributed by atoms with Crippen molar-refractivity contribution in [3.8, 4) is 0 Å². The van der Waals surface area contributed by atoms with Crippen molar-refractivity contribution in [2.45, 2.75) is 12.8 Å². The van der Waals surface area contributed by atoms with E-state index < -0.39 is 0 Å². The van der Waals surface area contributed by atoms with Crippen LogP contribution in [0.15, 0.2) is 58.6 Å². The molecule has 1 aliphatic rings. The van der Waals surface area contributed by atoms with E-state index in [1.54, 1.807) is 0 Å². The minimum Gasteiger partial charge on any atom is -0.289 e. The molecule has 0 unspecified atom stereocenters. The number of carbonyl (C=O) groups excluding carboxylic acids is 1. The van der Waals surface area contributed by atoms with Gasteiger partial charge in [-0.1, -0.05) is 52.3 Å². The molecule has 0 saturated heterocycles. The lowest BCUT2D eigenvalue weighted by molar-refractivity contribution is 0.102. The third-order valence-corrected chi connectivity index (χ3v) is 3.91. The third kappa shape index (κ3) is 2.54. The molecule has 0 radical (unpaired) electrons. The molecule has 0 spiro atoms. The number of rotatable bonds is 1. The van der Waals surface area contributed by atoms with Crippen LogP contribution >= 0.6 is 15.9 Å². The molecule has 0 aliphatic heterocycles. The van der Waals surface area contributed by atoms with Crippen molar-refractivity contribution in [2.24, 2.45) is 0 Å². The molecule has 94 valence electrons. The lowest BCUT2D eigenvalue weighted by Crippen LogP contribution is -2.14. The van der Waals surface area contributed by atoms with Crippen molar-refractivity contribution in [3.05, 3.63) is 75.3 Å². The van der Waals surface area contributed by atoms with Gasteiger partial charge in [-0.05, 0) is 42.2 Å². The zero-order valence-corrected chi connectivity index (χ0v) is 12.0. The predicted octanol–water partition coefficient (Wildman–Crippen LogP) is 4.66. The highest BCUT2D eigenvalue weighted by molar-refractivity contribution is 9.10. The van der Waals surface area contributed by atoms with Crippen LogP contribution in [-0.2, 0) is 6.42 Å². The van der Waals surface area contributed by atoms with Gasteiger partial charge in [0.25, 0.3) is 0 Å². The Bertz CT molecular complexity index is 656. The van der Waals surface area contributed by atoms with Crippen molar-refractivity contribution in [1.29, 1.82) is 0 Å². The van der Waals surface area contributed by atoms with E-state index in [9.17, 15) is 4.79 Å². The molecule has 0 saturated carbocycles. The topological polar surface area (TPSA) is 17.1 Å². The largest absolute Gasteiger partial charge is 0.289 e. The molecule has 1 aliphatic carbocycles. The number of allylic oxidation sites excluding steroid dienone is 1. The third-order valence-electron chi connectivity index (χ3n) is 3.41. The summed E-state index contributed by atoms with van der Waals surface area (Å²) in [6, 6.07) is 16.0. The average Bonchev–Trinajstić information content (AvgIpc) is 2.44. The molecule has 2 aromatic rings. The molecule has 3 rings (SSSR count). The molecule has 2 heteroatoms. The molecule has 0 heterocycles. The van der Waals surface area contributed by atoms with E-state index >= 15 is 0 Å². The van der Waals surface area contributed by atoms with Gasteiger partial charge in [-0.25, -0.2) is 0 Å². The fraction of sp³-hybridized carbons (Fsp3) is 0.118. The standard InChI is InChI=1S/C17H13BrO/c18-15-9-8-13-6-7-14(17(19)16(13)11-15)10-12-4-2-1-3-5-12/h1-5,8-11H,6-7H2/b14-10-. The molecule has 0 fully saturated rings. The maximum absolute atomic E-state index is 12.5. The SMILES string of the molecule is O=C1/C(=C\c2ccccc2)CCc2ccc(Br)cc21. The predicted molar refractivity (Wildman–Crippen MR) is 81.2 cm³/mol. The molecule has 0 bridgehead atoms. The number of benzene rings is 2. The van der Waals surface area contributed by atoms with Crippen LogP contribution in [0.4, 0.5) is 0 Å². The number of ketones is 1. The average molecular weight is 313 g/mol. The Morgan fingerprint density at radius 2 is 1.79 bits per heavy atom. The lowest BCUT2D eigenvalue weighted by Gasteiger charge is -2.17. The summed E-state index contributed by atoms with van der Waals surface area (Å²) in [6.45, 7) is 0. The highest BCUT2D eigenvalue weighted by atomic mass is 79.9. The Morgan fingerprint density at radius 1 is 1.00 bits per heavy atom. The van der Waals surface area contributed by atoms with E-state index in [-0.39, 0.29) is 5.78 Å². The molecule has 0 amide bonds. The minimum atomic E-state index is 0.159. The Kier molecular flexibility index (Phi) is 3.34. The van der Waals surface area contributed by atoms with Crippen LogP contribution in [0, 0.1) is 0 Å². The first-order chi connectivity index (χ1) is 9.24. The van der Waals surface area contributed by atoms with Gasteiger partial charge in [0.1, 0.15) is 0 Å². The molecule has 0 aromatic heterocycles. The van der Waals surface area contributed by atoms with Crippen molar-refractivity contribution in [2.75, 3.05) is 0 Å². The first kappa shape index (κ1) is 12.4. The van der Waals surface area contributed by atoms with Gasteiger partial charge in [0.2, 0.25) is 0 Å². The summed E-state index contributed by atoms with van der Waals surface area (Å²) in [5.74, 6) is 0.159. The van der Waals surface area contributed by atoms with Gasteiger partial charge < -0.3 is 0 Å². The smallest absolute Gasteiger partial charge is 0.189 e. The van der Waals surface area contributed by atoms with E-state index in [2.05, 4.69) is 15.9 Å². The summed E-state index contributed by atoms with van der Waals surface area (Å²) in [7, 11) is 0. The van der Waals surface area contributed by atoms with Crippen LogP contribution in [0.1, 0.15) is 27.9 Å². The number of hydrogen-bond donors (Lipinski definition) is 0. The first-order valence-corrected chi connectivity index (χ1v) is 7.12. The van der Waals surface area contributed by atoms with E-state index in [4.69, 9.17) is 0 Å². The Labute approximate surface area is 121 Å². The Hall–Kier alpha value is -1.67. The van der Waals surface area contributed by atoms with Crippen molar-refractivity contribution in [3.63, 3.8) is 0 Å². The Balaban J connectivity index is 2.00. The number of hydrogen-bond acceptors (Lipinski definition) is 1. The Morgan fingerprint density at radius 3 is 2.58 bits per heavy atom. The second-order valence-corrected chi connectivity index (χ2v) is 5.63. The normalized spacial score (nSPS) is 16.5. The highest BCUT2D eigenvalue weighted by Crippen LogP contribution is 2.28. The van der Waals surface area contributed by atoms with Crippen molar-refractivity contribution >= 4 is 27.8 Å². The van der Waals surface area contributed by atoms with Crippen molar-refractivity contribution in [1.82, 2.24) is 0 Å². The molecule has 19 heavy (non-hydrogen) atoms. The van der Waals surface area contributed by atoms with Crippen LogP contribution in [0.3, 0.4) is 0 Å². The van der Waals surface area contributed by atoms with Crippen molar-refractivity contribution < 1.29 is 4.79 Å². The molecule has 2 aromatic carbocycles. The zero-order valence-electron chi connectivity index (χ0n) is 10.4. The summed E-state index contributed by atoms with van der Waals surface area (Å²) in [6.07, 6.45) is 3.77. The molecule has 0 atom stereocenters. The number of fused-ring (bicyclic) bond motifs is 1. The summed E-state index contributed by atoms with van der Waals surface area (Å²) in [5.41, 5.74) is 3.97. The zero-order chi connectivity index (χ0) is 13.2. The fourth-order valence-electron chi connectivity index (χ4n) is 2.42. The van der Waals surface area contributed by atoms with Crippen LogP contribution in [-0.4, -0.2) is 5.78 Å². The van der Waals surface area contributed by atoms with Gasteiger partial charge in [0.05, 0.1) is 0 Å². The summed E-state index contributed by atoms with van der Waals surface area (Å²) >= 11 is 3.43.